The van der Waals surface area contributed by atoms with E-state index in [-0.39, 0.29) is 16.7 Å². The van der Waals surface area contributed by atoms with Crippen LogP contribution in [0.15, 0.2) is 267 Å². The number of nitrogens with zero attached hydrogens (tertiary/aromatic N) is 7. The van der Waals surface area contributed by atoms with Gasteiger partial charge in [0.2, 0.25) is 11.6 Å². The molecule has 434 valence electrons. The van der Waals surface area contributed by atoms with Crippen LogP contribution in [-0.4, -0.2) is 27.9 Å². The third-order valence-electron chi connectivity index (χ3n) is 19.0. The SMILES string of the molecule is CC(C)(C)c1ccc2c(c1)-c1cc(C(C)(C)C)ccc1C2c1cc(-c2ccccc2)c(-c2ccc3c(c2)n2c4cc(-c5ccccc5)ccc4nc2n3-c2ccccc2)c(C#N)c1-c1ccc2c(c1)n1c3cc(-c4ccccc4)ccc3nc1n2-c1ccccc1. The third-order valence-corrected chi connectivity index (χ3v) is 19.0. The van der Waals surface area contributed by atoms with Crippen LogP contribution in [0.3, 0.4) is 0 Å². The molecule has 91 heavy (non-hydrogen) atoms. The Hall–Kier alpha value is -11.3. The van der Waals surface area contributed by atoms with Crippen LogP contribution in [0.25, 0.3) is 134 Å². The van der Waals surface area contributed by atoms with Crippen LogP contribution in [-0.2, 0) is 10.8 Å². The average molecular weight is 1170 g/mol. The fraction of sp³-hybridized carbons (Fsp3) is 0.107. The molecule has 1 aliphatic rings. The number of benzene rings is 12. The first kappa shape index (κ1) is 53.9. The second-order valence-electron chi connectivity index (χ2n) is 26.5. The van der Waals surface area contributed by atoms with E-state index in [1.165, 1.54) is 33.4 Å². The Morgan fingerprint density at radius 1 is 0.330 bits per heavy atom. The minimum atomic E-state index is -0.239. The van der Waals surface area contributed by atoms with Gasteiger partial charge in [0, 0.05) is 28.4 Å². The highest BCUT2D eigenvalue weighted by Gasteiger charge is 2.37. The van der Waals surface area contributed by atoms with Gasteiger partial charge in [-0.05, 0) is 173 Å². The Morgan fingerprint density at radius 2 is 0.725 bits per heavy atom. The summed E-state index contributed by atoms with van der Waals surface area (Å²) in [5.41, 5.74) is 28.9. The van der Waals surface area contributed by atoms with Gasteiger partial charge >= 0.3 is 0 Å². The lowest BCUT2D eigenvalue weighted by Gasteiger charge is -2.26. The third kappa shape index (κ3) is 8.54. The lowest BCUT2D eigenvalue weighted by atomic mass is 9.76. The Bertz CT molecular complexity index is 5590. The molecule has 4 aromatic heterocycles. The topological polar surface area (TPSA) is 68.2 Å². The fourth-order valence-electron chi connectivity index (χ4n) is 14.5. The van der Waals surface area contributed by atoms with E-state index < -0.39 is 0 Å². The summed E-state index contributed by atoms with van der Waals surface area (Å²) in [5.74, 6) is 1.38. The summed E-state index contributed by atoms with van der Waals surface area (Å²) in [6.07, 6.45) is 0. The lowest BCUT2D eigenvalue weighted by molar-refractivity contribution is 0.589. The van der Waals surface area contributed by atoms with E-state index in [0.29, 0.717) is 5.56 Å². The molecule has 12 aromatic carbocycles. The molecule has 0 aliphatic heterocycles. The molecule has 0 saturated carbocycles. The molecule has 7 nitrogen and oxygen atoms in total. The maximum Gasteiger partial charge on any atom is 0.220 e. The van der Waals surface area contributed by atoms with E-state index in [1.807, 2.05) is 0 Å². The largest absolute Gasteiger partial charge is 0.278 e. The molecule has 0 amide bonds. The van der Waals surface area contributed by atoms with Crippen molar-refractivity contribution in [3.63, 3.8) is 0 Å². The van der Waals surface area contributed by atoms with Gasteiger partial charge in [-0.25, -0.2) is 9.97 Å². The number of nitriles is 1. The van der Waals surface area contributed by atoms with Crippen LogP contribution >= 0.6 is 0 Å². The second-order valence-corrected chi connectivity index (χ2v) is 26.5. The minimum absolute atomic E-state index is 0.0889. The monoisotopic (exact) mass is 1170 g/mol. The van der Waals surface area contributed by atoms with Crippen LogP contribution in [0, 0.1) is 11.3 Å². The Kier molecular flexibility index (Phi) is 12.1. The van der Waals surface area contributed by atoms with Gasteiger partial charge in [-0.2, -0.15) is 5.26 Å². The summed E-state index contributed by atoms with van der Waals surface area (Å²) in [5, 5.41) is 12.7. The quantitative estimate of drug-likeness (QED) is 0.152. The molecule has 4 heterocycles. The molecule has 0 fully saturated rings. The van der Waals surface area contributed by atoms with Crippen molar-refractivity contribution < 1.29 is 0 Å². The highest BCUT2D eigenvalue weighted by atomic mass is 15.2. The summed E-state index contributed by atoms with van der Waals surface area (Å²) >= 11 is 0. The summed E-state index contributed by atoms with van der Waals surface area (Å²) in [4.78, 5) is 10.9. The summed E-state index contributed by atoms with van der Waals surface area (Å²) in [7, 11) is 0. The Morgan fingerprint density at radius 3 is 1.15 bits per heavy atom. The van der Waals surface area contributed by atoms with E-state index in [0.717, 1.165) is 128 Å². The predicted molar refractivity (Wildman–Crippen MR) is 375 cm³/mol. The first-order valence-electron chi connectivity index (χ1n) is 31.5. The molecule has 0 radical (unpaired) electrons. The number of fused-ring (bicyclic) bond motifs is 13. The maximum atomic E-state index is 12.7. The highest BCUT2D eigenvalue weighted by Crippen LogP contribution is 2.55. The second kappa shape index (κ2) is 20.4. The smallest absolute Gasteiger partial charge is 0.220 e. The van der Waals surface area contributed by atoms with Gasteiger partial charge in [0.25, 0.3) is 0 Å². The van der Waals surface area contributed by atoms with Gasteiger partial charge in [0.15, 0.2) is 0 Å². The van der Waals surface area contributed by atoms with Crippen molar-refractivity contribution in [2.24, 2.45) is 0 Å². The number of aromatic nitrogens is 6. The zero-order valence-electron chi connectivity index (χ0n) is 51.6. The van der Waals surface area contributed by atoms with Gasteiger partial charge in [-0.1, -0.05) is 230 Å². The van der Waals surface area contributed by atoms with E-state index in [4.69, 9.17) is 9.97 Å². The van der Waals surface area contributed by atoms with Gasteiger partial charge in [-0.3, -0.25) is 17.9 Å². The fourth-order valence-corrected chi connectivity index (χ4v) is 14.5. The highest BCUT2D eigenvalue weighted by molar-refractivity contribution is 6.03. The van der Waals surface area contributed by atoms with E-state index in [2.05, 4.69) is 332 Å². The van der Waals surface area contributed by atoms with E-state index in [1.54, 1.807) is 0 Å². The number of para-hydroxylation sites is 2. The maximum absolute atomic E-state index is 12.7. The number of hydrogen-bond donors (Lipinski definition) is 0. The molecule has 7 heteroatoms. The van der Waals surface area contributed by atoms with Gasteiger partial charge < -0.3 is 0 Å². The van der Waals surface area contributed by atoms with Gasteiger partial charge in [0.05, 0.1) is 49.7 Å². The lowest BCUT2D eigenvalue weighted by Crippen LogP contribution is -2.11. The Balaban J connectivity index is 1.00. The minimum Gasteiger partial charge on any atom is -0.278 e. The van der Waals surface area contributed by atoms with Crippen LogP contribution in [0.2, 0.25) is 0 Å². The molecule has 0 N–H and O–H groups in total. The number of imidazole rings is 4. The van der Waals surface area contributed by atoms with E-state index in [9.17, 15) is 5.26 Å². The first-order chi connectivity index (χ1) is 44.4. The molecule has 1 aliphatic carbocycles. The van der Waals surface area contributed by atoms with Crippen molar-refractivity contribution >= 4 is 55.7 Å². The number of hydrogen-bond acceptors (Lipinski definition) is 3. The summed E-state index contributed by atoms with van der Waals surface area (Å²) < 4.78 is 9.19. The molecule has 0 unspecified atom stereocenters. The molecular weight excluding hydrogens is 1110 g/mol. The number of rotatable bonds is 8. The van der Waals surface area contributed by atoms with E-state index >= 15 is 0 Å². The van der Waals surface area contributed by atoms with Gasteiger partial charge in [0.1, 0.15) is 6.07 Å². The van der Waals surface area contributed by atoms with Crippen LogP contribution in [0.4, 0.5) is 0 Å². The molecule has 0 bridgehead atoms. The molecular formula is C84H63N7. The van der Waals surface area contributed by atoms with Crippen molar-refractivity contribution in [2.75, 3.05) is 0 Å². The first-order valence-corrected chi connectivity index (χ1v) is 31.5. The van der Waals surface area contributed by atoms with Crippen molar-refractivity contribution in [2.45, 2.75) is 58.3 Å². The van der Waals surface area contributed by atoms with Crippen LogP contribution in [0.1, 0.15) is 80.8 Å². The normalized spacial score (nSPS) is 12.7. The zero-order valence-corrected chi connectivity index (χ0v) is 51.6. The summed E-state index contributed by atoms with van der Waals surface area (Å²) in [6.45, 7) is 13.8. The Labute approximate surface area is 528 Å². The van der Waals surface area contributed by atoms with Crippen LogP contribution in [0.5, 0.6) is 0 Å². The van der Waals surface area contributed by atoms with Crippen LogP contribution < -0.4 is 0 Å². The molecule has 16 aromatic rings. The summed E-state index contributed by atoms with van der Waals surface area (Å²) in [6, 6.07) is 99.5. The average Bonchev–Trinajstić information content (AvgIpc) is 1.65. The molecule has 17 rings (SSSR count). The zero-order chi connectivity index (χ0) is 61.4. The van der Waals surface area contributed by atoms with Crippen molar-refractivity contribution in [1.82, 2.24) is 27.9 Å². The van der Waals surface area contributed by atoms with Gasteiger partial charge in [-0.15, -0.1) is 0 Å². The molecule has 0 atom stereocenters. The molecule has 0 saturated heterocycles. The predicted octanol–water partition coefficient (Wildman–Crippen LogP) is 21.1. The van der Waals surface area contributed by atoms with Crippen molar-refractivity contribution in [3.8, 4) is 84.2 Å². The van der Waals surface area contributed by atoms with Crippen molar-refractivity contribution in [1.29, 1.82) is 5.26 Å². The standard InChI is InChI=1S/C84H63N7/c1-83(2,3)59-36-38-63-66(48-59)67-49-60(84(4,5)6)37-39-64(67)80(63)68-50-65(54-26-16-9-17-27-54)78(57-34-42-72-76(46-57)90-74-44-55(52-22-12-7-13-23-52)32-40-70(74)86-81(90)88(72)61-28-18-10-19-29-61)69(51-85)79(68)58-35-43-73-77(47-58)91-75-45-56(53-24-14-8-15-25-53)33-41-71(75)87-82(91)89(73)62-30-20-11-21-31-62/h7-50,80H,1-6H3. The molecule has 0 spiro atoms. The van der Waals surface area contributed by atoms with Crippen molar-refractivity contribution in [3.05, 3.63) is 300 Å².